The number of nitrogens with one attached hydrogen (secondary N) is 1. The topological polar surface area (TPSA) is 57.7 Å². The molecule has 2 aromatic rings. The van der Waals surface area contributed by atoms with Gasteiger partial charge in [0.2, 0.25) is 0 Å². The third kappa shape index (κ3) is 7.18. The minimum Gasteiger partial charge on any atom is -0.380 e. The lowest BCUT2D eigenvalue weighted by molar-refractivity contribution is 0.0827. The van der Waals surface area contributed by atoms with Gasteiger partial charge in [-0.3, -0.25) is 14.7 Å². The first-order valence-electron chi connectivity index (χ1n) is 13.2. The van der Waals surface area contributed by atoms with Crippen LogP contribution >= 0.6 is 0 Å². The van der Waals surface area contributed by atoms with Crippen molar-refractivity contribution in [3.05, 3.63) is 87.9 Å². The average Bonchev–Trinajstić information content (AvgIpc) is 3.64. The van der Waals surface area contributed by atoms with Crippen molar-refractivity contribution in [2.24, 2.45) is 0 Å². The third-order valence-corrected chi connectivity index (χ3v) is 7.25. The van der Waals surface area contributed by atoms with Gasteiger partial charge in [-0.15, -0.1) is 0 Å². The van der Waals surface area contributed by atoms with E-state index in [1.807, 2.05) is 30.6 Å². The second-order valence-electron chi connectivity index (χ2n) is 10.4. The number of pyridine rings is 1. The van der Waals surface area contributed by atoms with E-state index >= 15 is 0 Å². The van der Waals surface area contributed by atoms with Crippen molar-refractivity contribution >= 4 is 17.7 Å². The van der Waals surface area contributed by atoms with Gasteiger partial charge in [0.25, 0.3) is 5.91 Å². The van der Waals surface area contributed by atoms with E-state index in [9.17, 15) is 4.79 Å². The van der Waals surface area contributed by atoms with Crippen LogP contribution < -0.4 is 5.32 Å². The van der Waals surface area contributed by atoms with Gasteiger partial charge in [-0.2, -0.15) is 0 Å². The summed E-state index contributed by atoms with van der Waals surface area (Å²) in [5.74, 6) is 0.608. The molecule has 37 heavy (non-hydrogen) atoms. The molecule has 196 valence electrons. The Morgan fingerprint density at radius 2 is 1.92 bits per heavy atom. The van der Waals surface area contributed by atoms with Crippen LogP contribution in [-0.2, 0) is 4.74 Å². The maximum absolute atomic E-state index is 12.2. The number of piperidine rings is 1. The zero-order valence-electron chi connectivity index (χ0n) is 22.9. The summed E-state index contributed by atoms with van der Waals surface area (Å²) >= 11 is 0. The molecule has 6 heteroatoms. The highest BCUT2D eigenvalue weighted by Gasteiger charge is 2.21. The molecule has 0 atom stereocenters. The number of anilines is 1. The number of aryl methyl sites for hydroxylation is 1. The Morgan fingerprint density at radius 1 is 1.19 bits per heavy atom. The van der Waals surface area contributed by atoms with Crippen molar-refractivity contribution in [3.63, 3.8) is 0 Å². The molecule has 0 bridgehead atoms. The molecule has 1 aromatic carbocycles. The van der Waals surface area contributed by atoms with Crippen LogP contribution in [0.3, 0.4) is 0 Å². The van der Waals surface area contributed by atoms with Crippen LogP contribution in [0, 0.1) is 6.92 Å². The number of nitrogens with zero attached hydrogens (tertiary/aromatic N) is 3. The van der Waals surface area contributed by atoms with E-state index in [4.69, 9.17) is 4.74 Å². The highest BCUT2D eigenvalue weighted by Crippen LogP contribution is 2.32. The summed E-state index contributed by atoms with van der Waals surface area (Å²) in [6.45, 7) is 8.12. The van der Waals surface area contributed by atoms with Gasteiger partial charge in [0.05, 0.1) is 6.61 Å². The van der Waals surface area contributed by atoms with Gasteiger partial charge in [0.1, 0.15) is 0 Å². The molecule has 1 aliphatic heterocycles. The number of hydrogen-bond acceptors (Lipinski definition) is 5. The van der Waals surface area contributed by atoms with E-state index in [0.717, 1.165) is 68.0 Å². The first-order chi connectivity index (χ1) is 17.9. The number of rotatable bonds is 10. The number of aromatic nitrogens is 1. The quantitative estimate of drug-likeness (QED) is 0.457. The molecule has 0 spiro atoms. The van der Waals surface area contributed by atoms with Gasteiger partial charge in [-0.05, 0) is 93.1 Å². The number of carbonyl (C=O) groups is 1. The Balaban J connectivity index is 1.32. The first kappa shape index (κ1) is 26.8. The fourth-order valence-electron chi connectivity index (χ4n) is 5.02. The van der Waals surface area contributed by atoms with Crippen LogP contribution in [0.25, 0.3) is 6.08 Å². The molecule has 1 amide bonds. The smallest absolute Gasteiger partial charge is 0.253 e. The fraction of sp³-hybridized carbons (Fsp3) is 0.419. The van der Waals surface area contributed by atoms with Crippen LogP contribution in [0.4, 0.5) is 5.69 Å². The van der Waals surface area contributed by atoms with E-state index in [0.29, 0.717) is 5.92 Å². The number of methoxy groups -OCH3 is 1. The number of hydrogen-bond donors (Lipinski definition) is 1. The lowest BCUT2D eigenvalue weighted by Crippen LogP contribution is -2.34. The summed E-state index contributed by atoms with van der Waals surface area (Å²) in [4.78, 5) is 20.9. The molecule has 1 aromatic heterocycles. The van der Waals surface area contributed by atoms with Crippen LogP contribution in [-0.4, -0.2) is 68.1 Å². The maximum atomic E-state index is 12.2. The molecule has 2 heterocycles. The predicted molar refractivity (Wildman–Crippen MR) is 152 cm³/mol. The largest absolute Gasteiger partial charge is 0.380 e. The summed E-state index contributed by atoms with van der Waals surface area (Å²) in [7, 11) is 5.32. The lowest BCUT2D eigenvalue weighted by atomic mass is 9.88. The van der Waals surface area contributed by atoms with Crippen LogP contribution in [0.15, 0.2) is 65.5 Å². The van der Waals surface area contributed by atoms with E-state index in [2.05, 4.69) is 53.3 Å². The molecule has 1 fully saturated rings. The van der Waals surface area contributed by atoms with Gasteiger partial charge < -0.3 is 15.0 Å². The minimum atomic E-state index is 0.0541. The van der Waals surface area contributed by atoms with Crippen LogP contribution in [0.2, 0.25) is 0 Å². The molecule has 0 saturated carbocycles. The minimum absolute atomic E-state index is 0.0541. The first-order valence-corrected chi connectivity index (χ1v) is 13.2. The fourth-order valence-corrected chi connectivity index (χ4v) is 5.02. The second-order valence-corrected chi connectivity index (χ2v) is 10.4. The summed E-state index contributed by atoms with van der Waals surface area (Å²) in [6, 6.07) is 10.2. The van der Waals surface area contributed by atoms with Gasteiger partial charge in [-0.1, -0.05) is 23.8 Å². The van der Waals surface area contributed by atoms with Gasteiger partial charge in [-0.25, -0.2) is 0 Å². The van der Waals surface area contributed by atoms with Crippen LogP contribution in [0.1, 0.15) is 59.3 Å². The number of allylic oxidation sites excluding steroid dienone is 2. The van der Waals surface area contributed by atoms with E-state index in [1.165, 1.54) is 22.3 Å². The highest BCUT2D eigenvalue weighted by atomic mass is 16.5. The molecule has 4 rings (SSSR count). The molecule has 0 radical (unpaired) electrons. The van der Waals surface area contributed by atoms with E-state index in [-0.39, 0.29) is 5.91 Å². The Morgan fingerprint density at radius 3 is 2.59 bits per heavy atom. The number of amides is 1. The van der Waals surface area contributed by atoms with E-state index < -0.39 is 0 Å². The summed E-state index contributed by atoms with van der Waals surface area (Å²) in [5.41, 5.74) is 9.41. The van der Waals surface area contributed by atoms with Crippen molar-refractivity contribution in [3.8, 4) is 0 Å². The van der Waals surface area contributed by atoms with Gasteiger partial charge in [0.15, 0.2) is 0 Å². The van der Waals surface area contributed by atoms with Crippen LogP contribution in [0.5, 0.6) is 0 Å². The van der Waals surface area contributed by atoms with Crippen molar-refractivity contribution in [1.29, 1.82) is 0 Å². The summed E-state index contributed by atoms with van der Waals surface area (Å²) in [5, 5.41) is 3.46. The monoisotopic (exact) mass is 500 g/mol. The summed E-state index contributed by atoms with van der Waals surface area (Å²) < 4.78 is 5.20. The van der Waals surface area contributed by atoms with Crippen molar-refractivity contribution in [2.75, 3.05) is 52.8 Å². The molecular formula is C31H40N4O2. The van der Waals surface area contributed by atoms with Crippen molar-refractivity contribution < 1.29 is 9.53 Å². The Labute approximate surface area is 221 Å². The molecule has 1 N–H and O–H groups in total. The zero-order chi connectivity index (χ0) is 26.4. The summed E-state index contributed by atoms with van der Waals surface area (Å²) in [6.07, 6.45) is 11.6. The standard InChI is InChI=1S/C31H40N4O2/c1-22(18-29-23(2)32-15-11-30(29)33-14-10-27-19-28(27)21-37-5)20-35-16-12-25(13-17-35)24-6-8-26(9-7-24)31(36)34(3)4/h6-11,14-15,18,25H,12-13,16-17,19-21H2,1-5H3,(H,32,33)/b14-10-,22-18+. The van der Waals surface area contributed by atoms with Gasteiger partial charge >= 0.3 is 0 Å². The number of likely N-dealkylation sites (tertiary alicyclic amines) is 1. The SMILES string of the molecule is COCC1=C(/C=C\Nc2ccnc(C)c2/C=C(\C)CN2CCC(c3ccc(C(=O)N(C)C)cc3)CC2)C1. The molecule has 1 saturated heterocycles. The maximum Gasteiger partial charge on any atom is 0.253 e. The number of ether oxygens (including phenoxy) is 1. The Kier molecular flexibility index (Phi) is 8.95. The van der Waals surface area contributed by atoms with E-state index in [1.54, 1.807) is 26.1 Å². The predicted octanol–water partition coefficient (Wildman–Crippen LogP) is 5.65. The van der Waals surface area contributed by atoms with Crippen molar-refractivity contribution in [1.82, 2.24) is 14.8 Å². The molecule has 6 nitrogen and oxygen atoms in total. The lowest BCUT2D eigenvalue weighted by Gasteiger charge is -2.32. The van der Waals surface area contributed by atoms with Gasteiger partial charge in [0, 0.05) is 62.7 Å². The average molecular weight is 501 g/mol. The molecule has 0 unspecified atom stereocenters. The molecule has 1 aliphatic carbocycles. The molecular weight excluding hydrogens is 460 g/mol. The Hall–Kier alpha value is -3.22. The van der Waals surface area contributed by atoms with Crippen molar-refractivity contribution in [2.45, 2.75) is 39.0 Å². The number of benzene rings is 1. The number of carbonyl (C=O) groups excluding carboxylic acids is 1. The zero-order valence-corrected chi connectivity index (χ0v) is 22.9. The second kappa shape index (κ2) is 12.3. The molecule has 2 aliphatic rings. The highest BCUT2D eigenvalue weighted by molar-refractivity contribution is 5.93. The third-order valence-electron chi connectivity index (χ3n) is 7.25. The Bertz CT molecular complexity index is 1190. The normalized spacial score (nSPS) is 16.9.